The van der Waals surface area contributed by atoms with Crippen LogP contribution in [-0.2, 0) is 23.0 Å². The second kappa shape index (κ2) is 6.90. The van der Waals surface area contributed by atoms with Crippen molar-refractivity contribution in [2.24, 2.45) is 5.92 Å². The van der Waals surface area contributed by atoms with Gasteiger partial charge >= 0.3 is 0 Å². The molecule has 1 aromatic rings. The smallest absolute Gasteiger partial charge is 0.243 e. The molecule has 1 heterocycles. The van der Waals surface area contributed by atoms with Gasteiger partial charge in [-0.05, 0) is 43.0 Å². The third-order valence-corrected chi connectivity index (χ3v) is 6.28. The number of sulfonamides is 1. The van der Waals surface area contributed by atoms with Gasteiger partial charge in [-0.25, -0.2) is 8.42 Å². The summed E-state index contributed by atoms with van der Waals surface area (Å²) in [4.78, 5) is 0.495. The molecule has 1 aliphatic heterocycles. The molecule has 0 saturated carbocycles. The second-order valence-electron chi connectivity index (χ2n) is 5.75. The summed E-state index contributed by atoms with van der Waals surface area (Å²) < 4.78 is 27.5. The maximum absolute atomic E-state index is 12.9. The summed E-state index contributed by atoms with van der Waals surface area (Å²) in [6, 6.07) is 5.80. The van der Waals surface area contributed by atoms with Gasteiger partial charge in [-0.2, -0.15) is 4.31 Å². The Labute approximate surface area is 128 Å². The molecule has 1 saturated heterocycles. The van der Waals surface area contributed by atoms with E-state index in [1.54, 1.807) is 4.31 Å². The van der Waals surface area contributed by atoms with E-state index < -0.39 is 10.0 Å². The Kier molecular flexibility index (Phi) is 5.41. The molecule has 4 nitrogen and oxygen atoms in total. The van der Waals surface area contributed by atoms with Gasteiger partial charge in [0.2, 0.25) is 10.0 Å². The Hall–Kier alpha value is -0.910. The highest BCUT2D eigenvalue weighted by molar-refractivity contribution is 7.89. The highest BCUT2D eigenvalue weighted by Crippen LogP contribution is 2.28. The molecule has 1 atom stereocenters. The summed E-state index contributed by atoms with van der Waals surface area (Å²) in [5.74, 6) is 0.505. The predicted octanol–water partition coefficient (Wildman–Crippen LogP) is 2.39. The lowest BCUT2D eigenvalue weighted by Gasteiger charge is -2.19. The van der Waals surface area contributed by atoms with Crippen molar-refractivity contribution in [2.75, 3.05) is 20.1 Å². The fraction of sp³-hybridized carbons (Fsp3) is 0.625. The average Bonchev–Trinajstić information content (AvgIpc) is 2.97. The van der Waals surface area contributed by atoms with Crippen LogP contribution in [0.1, 0.15) is 37.8 Å². The van der Waals surface area contributed by atoms with Crippen LogP contribution in [0.3, 0.4) is 0 Å². The van der Waals surface area contributed by atoms with Gasteiger partial charge in [0.15, 0.2) is 0 Å². The summed E-state index contributed by atoms with van der Waals surface area (Å²) in [6.45, 7) is 6.14. The minimum absolute atomic E-state index is 0.495. The van der Waals surface area contributed by atoms with E-state index in [-0.39, 0.29) is 0 Å². The maximum Gasteiger partial charge on any atom is 0.243 e. The number of benzene rings is 1. The SMILES string of the molecule is CCc1ccc(CNC)cc1S(=O)(=O)N1CCC(CC)C1. The molecular formula is C16H26N2O2S. The number of hydrogen-bond acceptors (Lipinski definition) is 3. The Balaban J connectivity index is 2.36. The van der Waals surface area contributed by atoms with E-state index in [9.17, 15) is 8.42 Å². The molecule has 1 fully saturated rings. The van der Waals surface area contributed by atoms with Crippen LogP contribution < -0.4 is 5.32 Å². The van der Waals surface area contributed by atoms with Crippen molar-refractivity contribution in [3.63, 3.8) is 0 Å². The van der Waals surface area contributed by atoms with Crippen molar-refractivity contribution in [3.05, 3.63) is 29.3 Å². The average molecular weight is 310 g/mol. The van der Waals surface area contributed by atoms with Gasteiger partial charge < -0.3 is 5.32 Å². The lowest BCUT2D eigenvalue weighted by atomic mass is 10.1. The molecule has 1 aliphatic rings. The standard InChI is InChI=1S/C16H26N2O2S/c1-4-13-8-9-18(12-13)21(19,20)16-10-14(11-17-3)6-7-15(16)5-2/h6-7,10,13,17H,4-5,8-9,11-12H2,1-3H3. The Morgan fingerprint density at radius 2 is 2.10 bits per heavy atom. The molecule has 5 heteroatoms. The molecular weight excluding hydrogens is 284 g/mol. The van der Waals surface area contributed by atoms with Crippen LogP contribution in [0.25, 0.3) is 0 Å². The molecule has 118 valence electrons. The molecule has 0 aromatic heterocycles. The van der Waals surface area contributed by atoms with Crippen LogP contribution in [0.2, 0.25) is 0 Å². The van der Waals surface area contributed by atoms with Crippen molar-refractivity contribution in [3.8, 4) is 0 Å². The predicted molar refractivity (Wildman–Crippen MR) is 85.7 cm³/mol. The van der Waals surface area contributed by atoms with Crippen LogP contribution in [0, 0.1) is 5.92 Å². The third-order valence-electron chi connectivity index (χ3n) is 4.34. The van der Waals surface area contributed by atoms with Crippen LogP contribution >= 0.6 is 0 Å². The first kappa shape index (κ1) is 16.5. The van der Waals surface area contributed by atoms with Crippen molar-refractivity contribution in [1.29, 1.82) is 0 Å². The number of rotatable bonds is 6. The van der Waals surface area contributed by atoms with E-state index in [2.05, 4.69) is 12.2 Å². The molecule has 0 amide bonds. The highest BCUT2D eigenvalue weighted by atomic mass is 32.2. The quantitative estimate of drug-likeness (QED) is 0.878. The van der Waals surface area contributed by atoms with E-state index in [0.29, 0.717) is 30.4 Å². The Morgan fingerprint density at radius 1 is 1.33 bits per heavy atom. The van der Waals surface area contributed by atoms with Gasteiger partial charge in [0, 0.05) is 19.6 Å². The minimum Gasteiger partial charge on any atom is -0.316 e. The lowest BCUT2D eigenvalue weighted by molar-refractivity contribution is 0.452. The molecule has 0 radical (unpaired) electrons. The van der Waals surface area contributed by atoms with Crippen LogP contribution in [-0.4, -0.2) is 32.9 Å². The molecule has 0 aliphatic carbocycles. The third kappa shape index (κ3) is 3.47. The first-order chi connectivity index (χ1) is 10.0. The molecule has 1 unspecified atom stereocenters. The highest BCUT2D eigenvalue weighted by Gasteiger charge is 2.32. The minimum atomic E-state index is -3.36. The summed E-state index contributed by atoms with van der Waals surface area (Å²) in [5, 5.41) is 3.08. The Bertz CT molecular complexity index is 584. The molecule has 21 heavy (non-hydrogen) atoms. The number of hydrogen-bond donors (Lipinski definition) is 1. The van der Waals surface area contributed by atoms with Crippen LogP contribution in [0.4, 0.5) is 0 Å². The zero-order valence-corrected chi connectivity index (χ0v) is 14.0. The largest absolute Gasteiger partial charge is 0.316 e. The van der Waals surface area contributed by atoms with E-state index in [4.69, 9.17) is 0 Å². The Morgan fingerprint density at radius 3 is 2.67 bits per heavy atom. The monoisotopic (exact) mass is 310 g/mol. The van der Waals surface area contributed by atoms with E-state index in [1.165, 1.54) is 0 Å². The molecule has 1 N–H and O–H groups in total. The van der Waals surface area contributed by atoms with Gasteiger partial charge in [0.05, 0.1) is 4.90 Å². The molecule has 0 bridgehead atoms. The second-order valence-corrected chi connectivity index (χ2v) is 7.66. The van der Waals surface area contributed by atoms with Crippen molar-refractivity contribution >= 4 is 10.0 Å². The van der Waals surface area contributed by atoms with Crippen molar-refractivity contribution in [2.45, 2.75) is 44.6 Å². The summed E-state index contributed by atoms with van der Waals surface area (Å²) in [6.07, 6.45) is 2.76. The molecule has 1 aromatic carbocycles. The van der Waals surface area contributed by atoms with E-state index >= 15 is 0 Å². The summed E-state index contributed by atoms with van der Waals surface area (Å²) in [7, 11) is -1.49. The molecule has 2 rings (SSSR count). The molecule has 0 spiro atoms. The lowest BCUT2D eigenvalue weighted by Crippen LogP contribution is -2.29. The normalized spacial score (nSPS) is 20.0. The first-order valence-corrected chi connectivity index (χ1v) is 9.23. The van der Waals surface area contributed by atoms with Crippen LogP contribution in [0.5, 0.6) is 0 Å². The topological polar surface area (TPSA) is 49.4 Å². The summed E-state index contributed by atoms with van der Waals surface area (Å²) >= 11 is 0. The number of nitrogens with one attached hydrogen (secondary N) is 1. The maximum atomic E-state index is 12.9. The van der Waals surface area contributed by atoms with Gasteiger partial charge in [0.1, 0.15) is 0 Å². The fourth-order valence-corrected chi connectivity index (χ4v) is 4.81. The number of nitrogens with zero attached hydrogens (tertiary/aromatic N) is 1. The zero-order valence-electron chi connectivity index (χ0n) is 13.2. The zero-order chi connectivity index (χ0) is 15.5. The van der Waals surface area contributed by atoms with Crippen molar-refractivity contribution in [1.82, 2.24) is 9.62 Å². The first-order valence-electron chi connectivity index (χ1n) is 7.79. The van der Waals surface area contributed by atoms with E-state index in [1.807, 2.05) is 32.2 Å². The van der Waals surface area contributed by atoms with Crippen molar-refractivity contribution < 1.29 is 8.42 Å². The van der Waals surface area contributed by atoms with Gasteiger partial charge in [-0.1, -0.05) is 32.4 Å². The summed E-state index contributed by atoms with van der Waals surface area (Å²) in [5.41, 5.74) is 1.93. The number of aryl methyl sites for hydroxylation is 1. The fourth-order valence-electron chi connectivity index (χ4n) is 2.93. The van der Waals surface area contributed by atoms with E-state index in [0.717, 1.165) is 30.4 Å². The van der Waals surface area contributed by atoms with Crippen LogP contribution in [0.15, 0.2) is 23.1 Å². The van der Waals surface area contributed by atoms with Gasteiger partial charge in [0.25, 0.3) is 0 Å². The van der Waals surface area contributed by atoms with Gasteiger partial charge in [-0.15, -0.1) is 0 Å². The van der Waals surface area contributed by atoms with Gasteiger partial charge in [-0.3, -0.25) is 0 Å².